The van der Waals surface area contributed by atoms with Gasteiger partial charge in [-0.15, -0.1) is 0 Å². The Morgan fingerprint density at radius 2 is 1.82 bits per heavy atom. The first-order chi connectivity index (χ1) is 13.3. The van der Waals surface area contributed by atoms with Crippen LogP contribution in [0.5, 0.6) is 0 Å². The van der Waals surface area contributed by atoms with Crippen LogP contribution in [0.2, 0.25) is 5.02 Å². The van der Waals surface area contributed by atoms with Crippen LogP contribution in [0, 0.1) is 0 Å². The van der Waals surface area contributed by atoms with Gasteiger partial charge < -0.3 is 10.4 Å². The zero-order valence-electron chi connectivity index (χ0n) is 16.0. The van der Waals surface area contributed by atoms with Crippen LogP contribution in [0.25, 0.3) is 0 Å². The summed E-state index contributed by atoms with van der Waals surface area (Å²) in [7, 11) is 0. The molecule has 1 aliphatic heterocycles. The zero-order chi connectivity index (χ0) is 20.1. The molecule has 1 heterocycles. The van der Waals surface area contributed by atoms with E-state index in [9.17, 15) is 14.7 Å². The third-order valence-corrected chi connectivity index (χ3v) is 5.44. The van der Waals surface area contributed by atoms with Crippen molar-refractivity contribution in [3.8, 4) is 0 Å². The van der Waals surface area contributed by atoms with Gasteiger partial charge in [0.15, 0.2) is 5.78 Å². The molecule has 1 fully saturated rings. The summed E-state index contributed by atoms with van der Waals surface area (Å²) in [6.45, 7) is 3.75. The number of piperidine rings is 1. The predicted octanol–water partition coefficient (Wildman–Crippen LogP) is 3.90. The standard InChI is InChI=1S/C22H25ClN2O3/c1-16(26)24-20-8-7-18(13-19(20)23)21(27)14-22(28)9-11-25(12-10-22)15-17-5-3-2-4-6-17/h2-8,13,28H,9-12,14-15H2,1H3,(H,24,26). The Hall–Kier alpha value is -2.21. The molecule has 2 N–H and O–H groups in total. The number of carbonyl (C=O) groups is 2. The molecule has 1 amide bonds. The lowest BCUT2D eigenvalue weighted by Gasteiger charge is -2.38. The largest absolute Gasteiger partial charge is 0.389 e. The van der Waals surface area contributed by atoms with Crippen LogP contribution in [0.15, 0.2) is 48.5 Å². The molecule has 6 heteroatoms. The summed E-state index contributed by atoms with van der Waals surface area (Å²) < 4.78 is 0. The van der Waals surface area contributed by atoms with Gasteiger partial charge in [0, 0.05) is 38.5 Å². The number of Topliss-reactive ketones (excluding diaryl/α,β-unsaturated/α-hetero) is 1. The smallest absolute Gasteiger partial charge is 0.221 e. The van der Waals surface area contributed by atoms with Crippen molar-refractivity contribution in [1.82, 2.24) is 4.90 Å². The van der Waals surface area contributed by atoms with E-state index in [1.165, 1.54) is 12.5 Å². The second-order valence-electron chi connectivity index (χ2n) is 7.46. The van der Waals surface area contributed by atoms with Crippen LogP contribution in [0.1, 0.15) is 42.1 Å². The molecule has 5 nitrogen and oxygen atoms in total. The van der Waals surface area contributed by atoms with Gasteiger partial charge in [0.2, 0.25) is 5.91 Å². The third kappa shape index (κ3) is 5.41. The fourth-order valence-corrected chi connectivity index (χ4v) is 3.75. The van der Waals surface area contributed by atoms with Crippen molar-refractivity contribution >= 4 is 29.0 Å². The number of nitrogens with one attached hydrogen (secondary N) is 1. The molecular weight excluding hydrogens is 376 g/mol. The number of benzene rings is 2. The first kappa shape index (κ1) is 20.5. The van der Waals surface area contributed by atoms with Crippen LogP contribution in [-0.2, 0) is 11.3 Å². The lowest BCUT2D eigenvalue weighted by molar-refractivity contribution is -0.114. The zero-order valence-corrected chi connectivity index (χ0v) is 16.7. The number of rotatable bonds is 6. The van der Waals surface area contributed by atoms with Crippen molar-refractivity contribution in [3.63, 3.8) is 0 Å². The van der Waals surface area contributed by atoms with Gasteiger partial charge in [0.05, 0.1) is 16.3 Å². The van der Waals surface area contributed by atoms with Gasteiger partial charge >= 0.3 is 0 Å². The maximum absolute atomic E-state index is 12.7. The summed E-state index contributed by atoms with van der Waals surface area (Å²) in [5, 5.41) is 13.8. The summed E-state index contributed by atoms with van der Waals surface area (Å²) in [4.78, 5) is 26.1. The molecule has 0 unspecified atom stereocenters. The number of likely N-dealkylation sites (tertiary alicyclic amines) is 1. The number of carbonyl (C=O) groups excluding carboxylic acids is 2. The molecule has 0 aromatic heterocycles. The number of anilines is 1. The van der Waals surface area contributed by atoms with E-state index < -0.39 is 5.60 Å². The van der Waals surface area contributed by atoms with Crippen molar-refractivity contribution in [3.05, 3.63) is 64.7 Å². The van der Waals surface area contributed by atoms with Crippen LogP contribution < -0.4 is 5.32 Å². The van der Waals surface area contributed by atoms with Crippen molar-refractivity contribution in [2.45, 2.75) is 38.3 Å². The van der Waals surface area contributed by atoms with Crippen molar-refractivity contribution in [2.24, 2.45) is 0 Å². The maximum Gasteiger partial charge on any atom is 0.221 e. The molecule has 3 rings (SSSR count). The molecule has 0 aliphatic carbocycles. The van der Waals surface area contributed by atoms with Crippen molar-refractivity contribution in [1.29, 1.82) is 0 Å². The summed E-state index contributed by atoms with van der Waals surface area (Å²) >= 11 is 6.16. The quantitative estimate of drug-likeness (QED) is 0.721. The Morgan fingerprint density at radius 3 is 2.43 bits per heavy atom. The van der Waals surface area contributed by atoms with E-state index >= 15 is 0 Å². The minimum absolute atomic E-state index is 0.0714. The monoisotopic (exact) mass is 400 g/mol. The predicted molar refractivity (Wildman–Crippen MR) is 111 cm³/mol. The number of aliphatic hydroxyl groups is 1. The third-order valence-electron chi connectivity index (χ3n) is 5.13. The van der Waals surface area contributed by atoms with Gasteiger partial charge in [0.25, 0.3) is 0 Å². The second kappa shape index (κ2) is 8.86. The van der Waals surface area contributed by atoms with Crippen LogP contribution >= 0.6 is 11.6 Å². The highest BCUT2D eigenvalue weighted by Crippen LogP contribution is 2.30. The van der Waals surface area contributed by atoms with E-state index in [1.54, 1.807) is 18.2 Å². The average molecular weight is 401 g/mol. The summed E-state index contributed by atoms with van der Waals surface area (Å²) in [6.07, 6.45) is 1.19. The highest BCUT2D eigenvalue weighted by molar-refractivity contribution is 6.34. The first-order valence-electron chi connectivity index (χ1n) is 9.44. The average Bonchev–Trinajstić information content (AvgIpc) is 2.66. The highest BCUT2D eigenvalue weighted by Gasteiger charge is 2.34. The molecule has 0 saturated carbocycles. The Morgan fingerprint density at radius 1 is 1.14 bits per heavy atom. The molecule has 0 radical (unpaired) electrons. The van der Waals surface area contributed by atoms with E-state index in [-0.39, 0.29) is 18.1 Å². The van der Waals surface area contributed by atoms with Crippen molar-refractivity contribution < 1.29 is 14.7 Å². The minimum atomic E-state index is -0.993. The Balaban J connectivity index is 1.57. The SMILES string of the molecule is CC(=O)Nc1ccc(C(=O)CC2(O)CCN(Cc3ccccc3)CC2)cc1Cl. The molecule has 0 atom stereocenters. The van der Waals surface area contributed by atoms with E-state index in [2.05, 4.69) is 22.3 Å². The van der Waals surface area contributed by atoms with Gasteiger partial charge in [-0.25, -0.2) is 0 Å². The molecule has 2 aromatic carbocycles. The minimum Gasteiger partial charge on any atom is -0.389 e. The Kier molecular flexibility index (Phi) is 6.50. The fraction of sp³-hybridized carbons (Fsp3) is 0.364. The van der Waals surface area contributed by atoms with Crippen molar-refractivity contribution in [2.75, 3.05) is 18.4 Å². The van der Waals surface area contributed by atoms with Crippen LogP contribution in [-0.4, -0.2) is 40.4 Å². The molecule has 148 valence electrons. The number of halogens is 1. The molecule has 1 saturated heterocycles. The van der Waals surface area contributed by atoms with Crippen LogP contribution in [0.3, 0.4) is 0 Å². The molecule has 1 aliphatic rings. The van der Waals surface area contributed by atoms with Gasteiger partial charge in [-0.05, 0) is 36.6 Å². The number of ketones is 1. The molecule has 28 heavy (non-hydrogen) atoms. The van der Waals surface area contributed by atoms with E-state index in [1.807, 2.05) is 18.2 Å². The second-order valence-corrected chi connectivity index (χ2v) is 7.87. The number of hydrogen-bond acceptors (Lipinski definition) is 4. The number of nitrogens with zero attached hydrogens (tertiary/aromatic N) is 1. The lowest BCUT2D eigenvalue weighted by atomic mass is 9.85. The van der Waals surface area contributed by atoms with E-state index in [4.69, 9.17) is 11.6 Å². The van der Waals surface area contributed by atoms with Gasteiger partial charge in [-0.1, -0.05) is 41.9 Å². The normalized spacial score (nSPS) is 16.5. The van der Waals surface area contributed by atoms with E-state index in [0.717, 1.165) is 19.6 Å². The van der Waals surface area contributed by atoms with Gasteiger partial charge in [0.1, 0.15) is 0 Å². The number of amides is 1. The molecular formula is C22H25ClN2O3. The fourth-order valence-electron chi connectivity index (χ4n) is 3.53. The summed E-state index contributed by atoms with van der Waals surface area (Å²) in [5.41, 5.74) is 1.17. The lowest BCUT2D eigenvalue weighted by Crippen LogP contribution is -2.45. The van der Waals surface area contributed by atoms with Gasteiger partial charge in [-0.2, -0.15) is 0 Å². The maximum atomic E-state index is 12.7. The van der Waals surface area contributed by atoms with Gasteiger partial charge in [-0.3, -0.25) is 14.5 Å². The molecule has 0 spiro atoms. The van der Waals surface area contributed by atoms with E-state index in [0.29, 0.717) is 29.1 Å². The van der Waals surface area contributed by atoms with Crippen LogP contribution in [0.4, 0.5) is 5.69 Å². The number of hydrogen-bond donors (Lipinski definition) is 2. The molecule has 2 aromatic rings. The Labute approximate surface area is 170 Å². The topological polar surface area (TPSA) is 69.6 Å². The summed E-state index contributed by atoms with van der Waals surface area (Å²) in [5.74, 6) is -0.368. The first-order valence-corrected chi connectivity index (χ1v) is 9.81. The summed E-state index contributed by atoms with van der Waals surface area (Å²) in [6, 6.07) is 15.0. The highest BCUT2D eigenvalue weighted by atomic mass is 35.5. The molecule has 0 bridgehead atoms. The Bertz CT molecular complexity index is 846.